The highest BCUT2D eigenvalue weighted by Crippen LogP contribution is 2.27. The van der Waals surface area contributed by atoms with Crippen molar-refractivity contribution in [3.63, 3.8) is 0 Å². The van der Waals surface area contributed by atoms with Crippen molar-refractivity contribution in [2.24, 2.45) is 0 Å². The Morgan fingerprint density at radius 3 is 2.64 bits per heavy atom. The van der Waals surface area contributed by atoms with E-state index in [0.717, 1.165) is 18.6 Å². The highest BCUT2D eigenvalue weighted by atomic mass is 16.5. The molecule has 118 valence electrons. The van der Waals surface area contributed by atoms with E-state index in [0.29, 0.717) is 17.1 Å². The quantitative estimate of drug-likeness (QED) is 0.854. The molecule has 2 rings (SSSR count). The Balaban J connectivity index is 1.93. The zero-order valence-corrected chi connectivity index (χ0v) is 13.1. The molecule has 5 heteroatoms. The van der Waals surface area contributed by atoms with Gasteiger partial charge in [-0.25, -0.2) is 0 Å². The van der Waals surface area contributed by atoms with Crippen molar-refractivity contribution in [3.05, 3.63) is 47.9 Å². The summed E-state index contributed by atoms with van der Waals surface area (Å²) >= 11 is 0. The lowest BCUT2D eigenvalue weighted by atomic mass is 10.1. The van der Waals surface area contributed by atoms with Crippen molar-refractivity contribution < 1.29 is 18.7 Å². The number of nitrogens with one attached hydrogen (secondary N) is 1. The molecule has 0 saturated carbocycles. The first kappa shape index (κ1) is 15.9. The number of carbonyl (C=O) groups excluding carboxylic acids is 1. The maximum Gasteiger partial charge on any atom is 0.251 e. The molecule has 1 amide bonds. The number of aryl methyl sites for hydroxylation is 1. The van der Waals surface area contributed by atoms with Crippen LogP contribution in [0.1, 0.15) is 29.5 Å². The van der Waals surface area contributed by atoms with E-state index >= 15 is 0 Å². The molecule has 0 radical (unpaired) electrons. The topological polar surface area (TPSA) is 60.7 Å². The molecule has 0 aliphatic rings. The van der Waals surface area contributed by atoms with Crippen LogP contribution in [-0.4, -0.2) is 26.2 Å². The number of furan rings is 1. The lowest BCUT2D eigenvalue weighted by molar-refractivity contribution is 0.0937. The fourth-order valence-electron chi connectivity index (χ4n) is 2.17. The van der Waals surface area contributed by atoms with E-state index in [2.05, 4.69) is 5.32 Å². The Morgan fingerprint density at radius 1 is 1.23 bits per heavy atom. The van der Waals surface area contributed by atoms with Gasteiger partial charge in [-0.3, -0.25) is 4.79 Å². The zero-order valence-electron chi connectivity index (χ0n) is 13.1. The van der Waals surface area contributed by atoms with E-state index in [-0.39, 0.29) is 11.9 Å². The molecule has 0 aliphatic carbocycles. The zero-order chi connectivity index (χ0) is 15.9. The second kappa shape index (κ2) is 7.54. The van der Waals surface area contributed by atoms with Gasteiger partial charge in [-0.1, -0.05) is 0 Å². The molecule has 1 heterocycles. The number of hydrogen-bond donors (Lipinski definition) is 1. The Bertz CT molecular complexity index is 607. The predicted octanol–water partition coefficient (Wildman–Crippen LogP) is 3.05. The number of rotatable bonds is 7. The molecular weight excluding hydrogens is 282 g/mol. The van der Waals surface area contributed by atoms with Crippen molar-refractivity contribution in [2.45, 2.75) is 25.8 Å². The molecule has 22 heavy (non-hydrogen) atoms. The van der Waals surface area contributed by atoms with Gasteiger partial charge in [0, 0.05) is 18.0 Å². The number of ether oxygens (including phenoxy) is 2. The summed E-state index contributed by atoms with van der Waals surface area (Å²) in [6, 6.07) is 8.96. The number of hydrogen-bond acceptors (Lipinski definition) is 4. The fourth-order valence-corrected chi connectivity index (χ4v) is 2.17. The van der Waals surface area contributed by atoms with Gasteiger partial charge in [0.15, 0.2) is 11.5 Å². The van der Waals surface area contributed by atoms with E-state index in [1.165, 1.54) is 0 Å². The number of amides is 1. The summed E-state index contributed by atoms with van der Waals surface area (Å²) in [5.41, 5.74) is 0.544. The first-order valence-electron chi connectivity index (χ1n) is 7.19. The molecule has 0 saturated heterocycles. The summed E-state index contributed by atoms with van der Waals surface area (Å²) in [7, 11) is 3.11. The normalized spacial score (nSPS) is 11.8. The molecule has 1 aromatic carbocycles. The van der Waals surface area contributed by atoms with E-state index in [4.69, 9.17) is 13.9 Å². The van der Waals surface area contributed by atoms with Crippen LogP contribution in [-0.2, 0) is 6.42 Å². The van der Waals surface area contributed by atoms with Gasteiger partial charge in [0.05, 0.1) is 20.5 Å². The lowest BCUT2D eigenvalue weighted by Crippen LogP contribution is -2.32. The van der Waals surface area contributed by atoms with Crippen molar-refractivity contribution >= 4 is 5.91 Å². The van der Waals surface area contributed by atoms with Crippen LogP contribution in [0.5, 0.6) is 11.5 Å². The van der Waals surface area contributed by atoms with E-state index in [1.54, 1.807) is 38.7 Å². The molecule has 1 N–H and O–H groups in total. The third-order valence-corrected chi connectivity index (χ3v) is 3.43. The Morgan fingerprint density at radius 2 is 2.00 bits per heavy atom. The molecule has 5 nitrogen and oxygen atoms in total. The number of methoxy groups -OCH3 is 2. The second-order valence-corrected chi connectivity index (χ2v) is 5.06. The largest absolute Gasteiger partial charge is 0.493 e. The fraction of sp³-hybridized carbons (Fsp3) is 0.353. The van der Waals surface area contributed by atoms with Gasteiger partial charge >= 0.3 is 0 Å². The van der Waals surface area contributed by atoms with Crippen LogP contribution >= 0.6 is 0 Å². The van der Waals surface area contributed by atoms with Crippen molar-refractivity contribution in [1.82, 2.24) is 5.32 Å². The van der Waals surface area contributed by atoms with Gasteiger partial charge in [0.2, 0.25) is 0 Å². The highest BCUT2D eigenvalue weighted by molar-refractivity contribution is 5.95. The van der Waals surface area contributed by atoms with Gasteiger partial charge in [0.1, 0.15) is 5.76 Å². The van der Waals surface area contributed by atoms with Gasteiger partial charge in [-0.2, -0.15) is 0 Å². The van der Waals surface area contributed by atoms with Crippen LogP contribution in [0.3, 0.4) is 0 Å². The minimum absolute atomic E-state index is 0.0469. The minimum atomic E-state index is -0.132. The summed E-state index contributed by atoms with van der Waals surface area (Å²) in [6.45, 7) is 1.97. The molecule has 0 spiro atoms. The van der Waals surface area contributed by atoms with Crippen molar-refractivity contribution in [1.29, 1.82) is 0 Å². The SMILES string of the molecule is COc1ccc(C(=O)NC(C)CCc2ccco2)cc1OC. The van der Waals surface area contributed by atoms with Gasteiger partial charge in [-0.05, 0) is 43.7 Å². The Labute approximate surface area is 130 Å². The molecular formula is C17H21NO4. The molecule has 0 fully saturated rings. The van der Waals surface area contributed by atoms with Gasteiger partial charge in [0.25, 0.3) is 5.91 Å². The number of carbonyl (C=O) groups is 1. The maximum atomic E-state index is 12.3. The summed E-state index contributed by atoms with van der Waals surface area (Å²) in [5, 5.41) is 2.97. The predicted molar refractivity (Wildman–Crippen MR) is 83.5 cm³/mol. The van der Waals surface area contributed by atoms with Crippen LogP contribution in [0.25, 0.3) is 0 Å². The summed E-state index contributed by atoms with van der Waals surface area (Å²) in [6.07, 6.45) is 3.26. The first-order valence-corrected chi connectivity index (χ1v) is 7.19. The number of benzene rings is 1. The van der Waals surface area contributed by atoms with E-state index in [1.807, 2.05) is 19.1 Å². The maximum absolute atomic E-state index is 12.3. The van der Waals surface area contributed by atoms with Crippen LogP contribution < -0.4 is 14.8 Å². The van der Waals surface area contributed by atoms with Crippen molar-refractivity contribution in [2.75, 3.05) is 14.2 Å². The molecule has 1 atom stereocenters. The highest BCUT2D eigenvalue weighted by Gasteiger charge is 2.13. The molecule has 1 aromatic heterocycles. The third-order valence-electron chi connectivity index (χ3n) is 3.43. The molecule has 2 aromatic rings. The van der Waals surface area contributed by atoms with Crippen LogP contribution in [0.4, 0.5) is 0 Å². The minimum Gasteiger partial charge on any atom is -0.493 e. The smallest absolute Gasteiger partial charge is 0.251 e. The van der Waals surface area contributed by atoms with Crippen molar-refractivity contribution in [3.8, 4) is 11.5 Å². The summed E-state index contributed by atoms with van der Waals surface area (Å²) in [4.78, 5) is 12.3. The van der Waals surface area contributed by atoms with Crippen LogP contribution in [0.15, 0.2) is 41.0 Å². The monoisotopic (exact) mass is 303 g/mol. The standard InChI is InChI=1S/C17H21NO4/c1-12(6-8-14-5-4-10-22-14)18-17(19)13-7-9-15(20-2)16(11-13)21-3/h4-5,7,9-12H,6,8H2,1-3H3,(H,18,19). The molecule has 1 unspecified atom stereocenters. The first-order chi connectivity index (χ1) is 10.6. The van der Waals surface area contributed by atoms with E-state index < -0.39 is 0 Å². The second-order valence-electron chi connectivity index (χ2n) is 5.06. The van der Waals surface area contributed by atoms with E-state index in [9.17, 15) is 4.79 Å². The van der Waals surface area contributed by atoms with Crippen LogP contribution in [0.2, 0.25) is 0 Å². The van der Waals surface area contributed by atoms with Gasteiger partial charge < -0.3 is 19.2 Å². The molecule has 0 bridgehead atoms. The molecule has 0 aliphatic heterocycles. The average molecular weight is 303 g/mol. The lowest BCUT2D eigenvalue weighted by Gasteiger charge is -2.14. The average Bonchev–Trinajstić information content (AvgIpc) is 3.05. The van der Waals surface area contributed by atoms with Gasteiger partial charge in [-0.15, -0.1) is 0 Å². The Hall–Kier alpha value is -2.43. The Kier molecular flexibility index (Phi) is 5.47. The summed E-state index contributed by atoms with van der Waals surface area (Å²) < 4.78 is 15.7. The third kappa shape index (κ3) is 4.04. The van der Waals surface area contributed by atoms with Crippen LogP contribution in [0, 0.1) is 0 Å². The summed E-state index contributed by atoms with van der Waals surface area (Å²) in [5.74, 6) is 1.93.